The monoisotopic (exact) mass is 410 g/mol. The fourth-order valence-electron chi connectivity index (χ4n) is 5.03. The van der Waals surface area contributed by atoms with Gasteiger partial charge in [-0.15, -0.1) is 0 Å². The summed E-state index contributed by atoms with van der Waals surface area (Å²) in [6.45, 7) is 1.51. The van der Waals surface area contributed by atoms with Crippen LogP contribution >= 0.6 is 0 Å². The summed E-state index contributed by atoms with van der Waals surface area (Å²) in [4.78, 5) is 25.5. The lowest BCUT2D eigenvalue weighted by Crippen LogP contribution is -2.39. The molecule has 1 saturated heterocycles. The molecule has 0 N–H and O–H groups in total. The number of hydrogen-bond donors (Lipinski definition) is 0. The van der Waals surface area contributed by atoms with Crippen LogP contribution in [0.1, 0.15) is 59.4 Å². The Morgan fingerprint density at radius 2 is 1.71 bits per heavy atom. The first-order chi connectivity index (χ1) is 15.2. The number of likely N-dealkylation sites (tertiary alicyclic amines) is 1. The SMILES string of the molecule is Cn1c(C2CCCN(C(=O)c3cc(C4CC4)nc4ccccc34)C2)nc2ccccc21. The molecule has 2 aromatic heterocycles. The van der Waals surface area contributed by atoms with Crippen molar-refractivity contribution in [3.63, 3.8) is 0 Å². The number of carbonyl (C=O) groups is 1. The number of fused-ring (bicyclic) bond motifs is 2. The highest BCUT2D eigenvalue weighted by molar-refractivity contribution is 6.06. The molecule has 1 unspecified atom stereocenters. The Balaban J connectivity index is 1.34. The minimum absolute atomic E-state index is 0.129. The molecule has 1 saturated carbocycles. The number of piperidine rings is 1. The lowest BCUT2D eigenvalue weighted by molar-refractivity contribution is 0.0705. The van der Waals surface area contributed by atoms with Crippen molar-refractivity contribution in [2.24, 2.45) is 7.05 Å². The second-order valence-electron chi connectivity index (χ2n) is 8.99. The Labute approximate surface area is 181 Å². The highest BCUT2D eigenvalue weighted by atomic mass is 16.2. The molecule has 156 valence electrons. The number of aromatic nitrogens is 3. The lowest BCUT2D eigenvalue weighted by atomic mass is 9.95. The summed E-state index contributed by atoms with van der Waals surface area (Å²) < 4.78 is 2.20. The van der Waals surface area contributed by atoms with Gasteiger partial charge in [0.05, 0.1) is 22.1 Å². The number of para-hydroxylation sites is 3. The van der Waals surface area contributed by atoms with E-state index in [9.17, 15) is 4.79 Å². The molecule has 0 bridgehead atoms. The van der Waals surface area contributed by atoms with E-state index in [2.05, 4.69) is 35.9 Å². The van der Waals surface area contributed by atoms with E-state index in [0.29, 0.717) is 12.5 Å². The van der Waals surface area contributed by atoms with E-state index in [1.807, 2.05) is 35.2 Å². The van der Waals surface area contributed by atoms with Crippen LogP contribution in [0.3, 0.4) is 0 Å². The molecule has 1 aliphatic heterocycles. The fraction of sp³-hybridized carbons (Fsp3) is 0.346. The summed E-state index contributed by atoms with van der Waals surface area (Å²) in [5.41, 5.74) is 4.98. The molecule has 0 spiro atoms. The van der Waals surface area contributed by atoms with E-state index in [1.54, 1.807) is 0 Å². The molecule has 2 fully saturated rings. The summed E-state index contributed by atoms with van der Waals surface area (Å²) in [5.74, 6) is 1.98. The second kappa shape index (κ2) is 7.19. The van der Waals surface area contributed by atoms with E-state index < -0.39 is 0 Å². The van der Waals surface area contributed by atoms with Crippen LogP contribution in [-0.2, 0) is 7.05 Å². The van der Waals surface area contributed by atoms with Crippen LogP contribution in [0.5, 0.6) is 0 Å². The highest BCUT2D eigenvalue weighted by Gasteiger charge is 2.31. The number of amides is 1. The molecule has 4 aromatic rings. The highest BCUT2D eigenvalue weighted by Crippen LogP contribution is 2.40. The molecule has 1 amide bonds. The number of benzene rings is 2. The van der Waals surface area contributed by atoms with Crippen LogP contribution in [0, 0.1) is 0 Å². The van der Waals surface area contributed by atoms with Crippen LogP contribution < -0.4 is 0 Å². The van der Waals surface area contributed by atoms with E-state index in [-0.39, 0.29) is 11.8 Å². The third-order valence-corrected chi connectivity index (χ3v) is 6.86. The maximum absolute atomic E-state index is 13.7. The summed E-state index contributed by atoms with van der Waals surface area (Å²) in [7, 11) is 2.09. The smallest absolute Gasteiger partial charge is 0.254 e. The van der Waals surface area contributed by atoms with Crippen molar-refractivity contribution in [2.75, 3.05) is 13.1 Å². The number of hydrogen-bond acceptors (Lipinski definition) is 3. The zero-order valence-electron chi connectivity index (χ0n) is 17.8. The predicted molar refractivity (Wildman–Crippen MR) is 122 cm³/mol. The van der Waals surface area contributed by atoms with Gasteiger partial charge >= 0.3 is 0 Å². The van der Waals surface area contributed by atoms with Crippen molar-refractivity contribution in [1.29, 1.82) is 0 Å². The molecule has 5 heteroatoms. The Hall–Kier alpha value is -3.21. The summed E-state index contributed by atoms with van der Waals surface area (Å²) in [5, 5.41) is 0.960. The molecule has 31 heavy (non-hydrogen) atoms. The van der Waals surface area contributed by atoms with Crippen molar-refractivity contribution >= 4 is 27.8 Å². The summed E-state index contributed by atoms with van der Waals surface area (Å²) in [6, 6.07) is 18.4. The van der Waals surface area contributed by atoms with E-state index in [4.69, 9.17) is 9.97 Å². The topological polar surface area (TPSA) is 51.0 Å². The summed E-state index contributed by atoms with van der Waals surface area (Å²) in [6.07, 6.45) is 4.42. The minimum atomic E-state index is 0.129. The fourth-order valence-corrected chi connectivity index (χ4v) is 5.03. The van der Waals surface area contributed by atoms with Crippen molar-refractivity contribution in [3.8, 4) is 0 Å². The van der Waals surface area contributed by atoms with Gasteiger partial charge in [0.25, 0.3) is 5.91 Å². The van der Waals surface area contributed by atoms with Gasteiger partial charge in [-0.2, -0.15) is 0 Å². The third-order valence-electron chi connectivity index (χ3n) is 6.86. The van der Waals surface area contributed by atoms with E-state index in [0.717, 1.165) is 58.4 Å². The van der Waals surface area contributed by atoms with Crippen molar-refractivity contribution in [2.45, 2.75) is 37.5 Å². The molecule has 5 nitrogen and oxygen atoms in total. The van der Waals surface area contributed by atoms with Crippen LogP contribution in [0.25, 0.3) is 21.9 Å². The Morgan fingerprint density at radius 3 is 2.52 bits per heavy atom. The predicted octanol–water partition coefficient (Wildman–Crippen LogP) is 5.02. The largest absolute Gasteiger partial charge is 0.338 e. The first-order valence-corrected chi connectivity index (χ1v) is 11.3. The normalized spacial score (nSPS) is 19.3. The Bertz CT molecular complexity index is 1300. The van der Waals surface area contributed by atoms with Gasteiger partial charge in [-0.05, 0) is 49.9 Å². The van der Waals surface area contributed by atoms with Crippen molar-refractivity contribution in [3.05, 3.63) is 71.7 Å². The Morgan fingerprint density at radius 1 is 0.935 bits per heavy atom. The first kappa shape index (κ1) is 18.6. The van der Waals surface area contributed by atoms with Gasteiger partial charge in [0.1, 0.15) is 5.82 Å². The average Bonchev–Trinajstić information content (AvgIpc) is 3.62. The Kier molecular flexibility index (Phi) is 4.30. The zero-order valence-corrected chi connectivity index (χ0v) is 17.8. The number of carbonyl (C=O) groups excluding carboxylic acids is 1. The van der Waals surface area contributed by atoms with Gasteiger partial charge < -0.3 is 9.47 Å². The molecule has 1 atom stereocenters. The van der Waals surface area contributed by atoms with Gasteiger partial charge in [-0.3, -0.25) is 9.78 Å². The number of pyridine rings is 1. The second-order valence-corrected chi connectivity index (χ2v) is 8.99. The van der Waals surface area contributed by atoms with Crippen LogP contribution in [0.15, 0.2) is 54.6 Å². The van der Waals surface area contributed by atoms with Gasteiger partial charge in [-0.25, -0.2) is 4.98 Å². The van der Waals surface area contributed by atoms with E-state index >= 15 is 0 Å². The quantitative estimate of drug-likeness (QED) is 0.477. The average molecular weight is 411 g/mol. The molecule has 3 heterocycles. The van der Waals surface area contributed by atoms with Crippen LogP contribution in [0.4, 0.5) is 0 Å². The standard InChI is InChI=1S/C26H26N4O/c1-29-24-11-5-4-10-22(24)28-25(29)18-7-6-14-30(16-18)26(31)20-15-23(17-12-13-17)27-21-9-3-2-8-19(20)21/h2-5,8-11,15,17-18H,6-7,12-14,16H2,1H3. The zero-order chi connectivity index (χ0) is 20.9. The molecule has 0 radical (unpaired) electrons. The first-order valence-electron chi connectivity index (χ1n) is 11.3. The third kappa shape index (κ3) is 3.19. The number of imidazole rings is 1. The van der Waals surface area contributed by atoms with Crippen LogP contribution in [0.2, 0.25) is 0 Å². The maximum Gasteiger partial charge on any atom is 0.254 e. The molecule has 6 rings (SSSR count). The van der Waals surface area contributed by atoms with Gasteiger partial charge in [0.2, 0.25) is 0 Å². The molecular formula is C26H26N4O. The van der Waals surface area contributed by atoms with Crippen molar-refractivity contribution in [1.82, 2.24) is 19.4 Å². The maximum atomic E-state index is 13.7. The number of nitrogens with zero attached hydrogens (tertiary/aromatic N) is 4. The van der Waals surface area contributed by atoms with Gasteiger partial charge in [-0.1, -0.05) is 30.3 Å². The van der Waals surface area contributed by atoms with Crippen molar-refractivity contribution < 1.29 is 4.79 Å². The van der Waals surface area contributed by atoms with Gasteiger partial charge in [0.15, 0.2) is 0 Å². The molecule has 2 aromatic carbocycles. The van der Waals surface area contributed by atoms with Crippen LogP contribution in [-0.4, -0.2) is 38.4 Å². The minimum Gasteiger partial charge on any atom is -0.338 e. The molecular weight excluding hydrogens is 384 g/mol. The van der Waals surface area contributed by atoms with E-state index in [1.165, 1.54) is 12.8 Å². The lowest BCUT2D eigenvalue weighted by Gasteiger charge is -2.33. The molecule has 2 aliphatic rings. The molecule has 1 aliphatic carbocycles. The summed E-state index contributed by atoms with van der Waals surface area (Å²) >= 11 is 0. The van der Waals surface area contributed by atoms with Gasteiger partial charge in [0, 0.05) is 43.1 Å². The number of aryl methyl sites for hydroxylation is 1. The number of rotatable bonds is 3.